The SMILES string of the molecule is [C-]#[N+]c1ccc(-c2ccc(-c3cccc(-n4c5ccccc5c5ccccc54)c3)cc2)c(-n2c3ccc(C#N)cc3c3cccc([N+]#[C-])c32)c1. The van der Waals surface area contributed by atoms with Gasteiger partial charge in [-0.25, -0.2) is 9.69 Å². The second-order valence-corrected chi connectivity index (χ2v) is 12.3. The number of nitriles is 1. The summed E-state index contributed by atoms with van der Waals surface area (Å²) >= 11 is 0. The van der Waals surface area contributed by atoms with E-state index in [4.69, 9.17) is 13.1 Å². The zero-order chi connectivity index (χ0) is 33.8. The Bertz CT molecular complexity index is 2900. The summed E-state index contributed by atoms with van der Waals surface area (Å²) in [5, 5.41) is 13.9. The number of hydrogen-bond donors (Lipinski definition) is 0. The molecule has 0 spiro atoms. The van der Waals surface area contributed by atoms with Crippen molar-refractivity contribution in [3.63, 3.8) is 0 Å². The van der Waals surface area contributed by atoms with Gasteiger partial charge in [-0.15, -0.1) is 0 Å². The smallest absolute Gasteiger partial charge is 0.211 e. The topological polar surface area (TPSA) is 42.4 Å². The molecule has 0 aliphatic heterocycles. The van der Waals surface area contributed by atoms with Gasteiger partial charge in [-0.05, 0) is 70.6 Å². The van der Waals surface area contributed by atoms with Gasteiger partial charge in [-0.2, -0.15) is 5.26 Å². The lowest BCUT2D eigenvalue weighted by Crippen LogP contribution is -1.97. The van der Waals surface area contributed by atoms with E-state index in [9.17, 15) is 5.26 Å². The number of aromatic nitrogens is 2. The predicted octanol–water partition coefficient (Wildman–Crippen LogP) is 12.2. The number of nitrogens with zero attached hydrogens (tertiary/aromatic N) is 5. The number of benzene rings is 7. The maximum absolute atomic E-state index is 9.67. The molecule has 0 fully saturated rings. The second-order valence-electron chi connectivity index (χ2n) is 12.3. The van der Waals surface area contributed by atoms with Crippen LogP contribution in [0, 0.1) is 24.5 Å². The highest BCUT2D eigenvalue weighted by Crippen LogP contribution is 2.42. The van der Waals surface area contributed by atoms with Crippen molar-refractivity contribution in [3.8, 4) is 39.7 Å². The molecule has 0 aliphatic carbocycles. The van der Waals surface area contributed by atoms with Crippen molar-refractivity contribution in [3.05, 3.63) is 180 Å². The Morgan fingerprint density at radius 2 is 1.18 bits per heavy atom. The standard InChI is InChI=1S/C45H25N5/c1-47-33-22-23-35(44(27-33)50-43-24-17-29(28-46)25-39(43)38-13-8-14-40(48-2)45(38)50)31-20-18-30(19-21-31)32-9-7-10-34(26-32)49-41-15-5-3-11-36(41)37-12-4-6-16-42(37)49/h3-27H. The molecule has 0 bridgehead atoms. The summed E-state index contributed by atoms with van der Waals surface area (Å²) < 4.78 is 4.41. The molecule has 2 aromatic heterocycles. The van der Waals surface area contributed by atoms with Gasteiger partial charge in [0.2, 0.25) is 5.69 Å². The molecule has 7 aromatic carbocycles. The Balaban J connectivity index is 1.19. The van der Waals surface area contributed by atoms with E-state index in [1.807, 2.05) is 48.5 Å². The molecule has 5 nitrogen and oxygen atoms in total. The first-order valence-corrected chi connectivity index (χ1v) is 16.2. The van der Waals surface area contributed by atoms with Crippen LogP contribution in [-0.2, 0) is 0 Å². The second kappa shape index (κ2) is 11.4. The molecule has 0 radical (unpaired) electrons. The molecule has 0 aliphatic rings. The maximum Gasteiger partial charge on any atom is 0.211 e. The van der Waals surface area contributed by atoms with E-state index < -0.39 is 0 Å². The summed E-state index contributed by atoms with van der Waals surface area (Å²) in [6, 6.07) is 53.5. The summed E-state index contributed by atoms with van der Waals surface area (Å²) in [6.07, 6.45) is 0. The molecule has 9 rings (SSSR count). The Morgan fingerprint density at radius 3 is 1.90 bits per heavy atom. The minimum Gasteiger partial charge on any atom is -0.320 e. The van der Waals surface area contributed by atoms with Crippen LogP contribution in [0.2, 0.25) is 0 Å². The predicted molar refractivity (Wildman–Crippen MR) is 203 cm³/mol. The molecular weight excluding hydrogens is 611 g/mol. The molecule has 0 amide bonds. The van der Waals surface area contributed by atoms with Crippen LogP contribution in [0.3, 0.4) is 0 Å². The van der Waals surface area contributed by atoms with Crippen LogP contribution in [0.15, 0.2) is 152 Å². The van der Waals surface area contributed by atoms with Crippen molar-refractivity contribution in [2.45, 2.75) is 0 Å². The van der Waals surface area contributed by atoms with Crippen molar-refractivity contribution in [2.75, 3.05) is 0 Å². The normalized spacial score (nSPS) is 11.1. The molecule has 2 heterocycles. The van der Waals surface area contributed by atoms with Gasteiger partial charge in [0.15, 0.2) is 5.69 Å². The highest BCUT2D eigenvalue weighted by atomic mass is 15.0. The van der Waals surface area contributed by atoms with Crippen LogP contribution >= 0.6 is 0 Å². The summed E-state index contributed by atoms with van der Waals surface area (Å²) in [5.41, 5.74) is 11.6. The van der Waals surface area contributed by atoms with Crippen molar-refractivity contribution in [2.24, 2.45) is 0 Å². The average molecular weight is 636 g/mol. The summed E-state index contributed by atoms with van der Waals surface area (Å²) in [7, 11) is 0. The van der Waals surface area contributed by atoms with Crippen LogP contribution in [0.5, 0.6) is 0 Å². The highest BCUT2D eigenvalue weighted by molar-refractivity contribution is 6.14. The highest BCUT2D eigenvalue weighted by Gasteiger charge is 2.19. The van der Waals surface area contributed by atoms with Crippen molar-refractivity contribution in [1.82, 2.24) is 9.13 Å². The molecule has 0 saturated carbocycles. The van der Waals surface area contributed by atoms with Gasteiger partial charge < -0.3 is 9.13 Å². The zero-order valence-corrected chi connectivity index (χ0v) is 26.7. The molecule has 0 unspecified atom stereocenters. The lowest BCUT2D eigenvalue weighted by Gasteiger charge is -2.16. The fourth-order valence-electron chi connectivity index (χ4n) is 7.35. The number of rotatable bonds is 4. The summed E-state index contributed by atoms with van der Waals surface area (Å²) in [6.45, 7) is 15.8. The molecule has 0 atom stereocenters. The molecule has 9 aromatic rings. The van der Waals surface area contributed by atoms with Crippen molar-refractivity contribution < 1.29 is 0 Å². The van der Waals surface area contributed by atoms with Crippen molar-refractivity contribution in [1.29, 1.82) is 5.26 Å². The fourth-order valence-corrected chi connectivity index (χ4v) is 7.35. The Morgan fingerprint density at radius 1 is 0.500 bits per heavy atom. The first-order chi connectivity index (χ1) is 24.7. The Kier molecular flexibility index (Phi) is 6.56. The van der Waals surface area contributed by atoms with Crippen LogP contribution in [0.25, 0.3) is 86.9 Å². The number of para-hydroxylation sites is 3. The molecule has 50 heavy (non-hydrogen) atoms. The maximum atomic E-state index is 9.67. The monoisotopic (exact) mass is 635 g/mol. The Hall–Kier alpha value is -7.39. The van der Waals surface area contributed by atoms with E-state index in [1.165, 1.54) is 21.8 Å². The third kappa shape index (κ3) is 4.38. The molecular formula is C45H25N5. The quantitative estimate of drug-likeness (QED) is 0.177. The van der Waals surface area contributed by atoms with Gasteiger partial charge in [-0.1, -0.05) is 103 Å². The van der Waals surface area contributed by atoms with Gasteiger partial charge >= 0.3 is 0 Å². The third-order valence-corrected chi connectivity index (χ3v) is 9.58. The van der Waals surface area contributed by atoms with Crippen LogP contribution in [0.1, 0.15) is 5.56 Å². The summed E-state index contributed by atoms with van der Waals surface area (Å²) in [4.78, 5) is 7.63. The van der Waals surface area contributed by atoms with Gasteiger partial charge in [0.05, 0.1) is 46.8 Å². The van der Waals surface area contributed by atoms with E-state index >= 15 is 0 Å². The first-order valence-electron chi connectivity index (χ1n) is 16.2. The lowest BCUT2D eigenvalue weighted by molar-refractivity contribution is 1.18. The van der Waals surface area contributed by atoms with Gasteiger partial charge in [0.25, 0.3) is 0 Å². The minimum atomic E-state index is 0.506. The number of hydrogen-bond acceptors (Lipinski definition) is 1. The summed E-state index contributed by atoms with van der Waals surface area (Å²) in [5.74, 6) is 0. The van der Waals surface area contributed by atoms with Gasteiger partial charge in [0, 0.05) is 33.1 Å². The largest absolute Gasteiger partial charge is 0.320 e. The van der Waals surface area contributed by atoms with E-state index in [0.29, 0.717) is 16.9 Å². The van der Waals surface area contributed by atoms with Crippen LogP contribution in [0.4, 0.5) is 11.4 Å². The molecule has 230 valence electrons. The Labute approximate surface area is 288 Å². The zero-order valence-electron chi connectivity index (χ0n) is 26.7. The van der Waals surface area contributed by atoms with E-state index in [1.54, 1.807) is 6.07 Å². The van der Waals surface area contributed by atoms with Gasteiger partial charge in [-0.3, -0.25) is 0 Å². The molecule has 5 heteroatoms. The average Bonchev–Trinajstić information content (AvgIpc) is 3.70. The molecule has 0 N–H and O–H groups in total. The van der Waals surface area contributed by atoms with E-state index in [2.05, 4.69) is 122 Å². The lowest BCUT2D eigenvalue weighted by atomic mass is 9.98. The van der Waals surface area contributed by atoms with Crippen LogP contribution in [-0.4, -0.2) is 9.13 Å². The first kappa shape index (κ1) is 28.8. The number of fused-ring (bicyclic) bond motifs is 6. The van der Waals surface area contributed by atoms with Crippen molar-refractivity contribution >= 4 is 55.0 Å². The van der Waals surface area contributed by atoms with E-state index in [-0.39, 0.29) is 0 Å². The van der Waals surface area contributed by atoms with Crippen LogP contribution < -0.4 is 0 Å². The molecule has 0 saturated heterocycles. The fraction of sp³-hybridized carbons (Fsp3) is 0. The third-order valence-electron chi connectivity index (χ3n) is 9.58. The van der Waals surface area contributed by atoms with Gasteiger partial charge in [0.1, 0.15) is 0 Å². The van der Waals surface area contributed by atoms with E-state index in [0.717, 1.165) is 55.4 Å². The minimum absolute atomic E-state index is 0.506.